The molecule has 1 atom stereocenters. The van der Waals surface area contributed by atoms with Gasteiger partial charge in [-0.25, -0.2) is 0 Å². The standard InChI is InChI=1S/C13H20ClNOS/c1-2-7-15-12(8-16)10-17-9-11-5-3-4-6-13(11)14/h3-6,12,15-16H,2,7-10H2,1H3. The van der Waals surface area contributed by atoms with Crippen molar-refractivity contribution in [1.82, 2.24) is 5.32 Å². The van der Waals surface area contributed by atoms with Crippen LogP contribution in [0.1, 0.15) is 18.9 Å². The average Bonchev–Trinajstić information content (AvgIpc) is 2.35. The topological polar surface area (TPSA) is 32.3 Å². The summed E-state index contributed by atoms with van der Waals surface area (Å²) in [6.45, 7) is 3.27. The molecule has 1 unspecified atom stereocenters. The first-order valence-electron chi connectivity index (χ1n) is 5.93. The summed E-state index contributed by atoms with van der Waals surface area (Å²) in [5.41, 5.74) is 1.16. The molecule has 0 amide bonds. The van der Waals surface area contributed by atoms with Gasteiger partial charge in [0.1, 0.15) is 0 Å². The second kappa shape index (κ2) is 8.81. The van der Waals surface area contributed by atoms with E-state index in [1.807, 2.05) is 24.3 Å². The molecule has 2 nitrogen and oxygen atoms in total. The fourth-order valence-electron chi connectivity index (χ4n) is 1.45. The highest BCUT2D eigenvalue weighted by molar-refractivity contribution is 7.98. The fourth-order valence-corrected chi connectivity index (χ4v) is 2.83. The molecular weight excluding hydrogens is 254 g/mol. The molecule has 0 aliphatic rings. The van der Waals surface area contributed by atoms with Gasteiger partial charge in [0.15, 0.2) is 0 Å². The molecule has 0 saturated carbocycles. The van der Waals surface area contributed by atoms with Gasteiger partial charge in [0.05, 0.1) is 6.61 Å². The molecule has 1 aromatic rings. The van der Waals surface area contributed by atoms with Gasteiger partial charge >= 0.3 is 0 Å². The van der Waals surface area contributed by atoms with E-state index in [4.69, 9.17) is 11.6 Å². The van der Waals surface area contributed by atoms with E-state index in [1.165, 1.54) is 0 Å². The van der Waals surface area contributed by atoms with Gasteiger partial charge in [-0.3, -0.25) is 0 Å². The molecule has 96 valence electrons. The number of aliphatic hydroxyl groups is 1. The van der Waals surface area contributed by atoms with Gasteiger partial charge in [0, 0.05) is 22.6 Å². The molecular formula is C13H20ClNOS. The Morgan fingerprint density at radius 2 is 2.18 bits per heavy atom. The maximum atomic E-state index is 9.20. The van der Waals surface area contributed by atoms with Crippen molar-refractivity contribution in [3.05, 3.63) is 34.9 Å². The van der Waals surface area contributed by atoms with E-state index in [0.29, 0.717) is 0 Å². The number of benzene rings is 1. The molecule has 1 rings (SSSR count). The lowest BCUT2D eigenvalue weighted by Crippen LogP contribution is -2.35. The zero-order chi connectivity index (χ0) is 12.5. The Morgan fingerprint density at radius 3 is 2.82 bits per heavy atom. The lowest BCUT2D eigenvalue weighted by molar-refractivity contribution is 0.254. The minimum atomic E-state index is 0.183. The Hall–Kier alpha value is -0.220. The Kier molecular flexibility index (Phi) is 7.69. The lowest BCUT2D eigenvalue weighted by atomic mass is 10.2. The molecule has 0 radical (unpaired) electrons. The van der Waals surface area contributed by atoms with Crippen LogP contribution >= 0.6 is 23.4 Å². The van der Waals surface area contributed by atoms with Gasteiger partial charge < -0.3 is 10.4 Å². The SMILES string of the molecule is CCCNC(CO)CSCc1ccccc1Cl. The van der Waals surface area contributed by atoms with Crippen LogP contribution in [0.25, 0.3) is 0 Å². The summed E-state index contributed by atoms with van der Waals surface area (Å²) in [5.74, 6) is 1.80. The zero-order valence-corrected chi connectivity index (χ0v) is 11.7. The van der Waals surface area contributed by atoms with Crippen LogP contribution in [0.4, 0.5) is 0 Å². The van der Waals surface area contributed by atoms with E-state index in [-0.39, 0.29) is 12.6 Å². The summed E-state index contributed by atoms with van der Waals surface area (Å²) in [4.78, 5) is 0. The van der Waals surface area contributed by atoms with E-state index in [9.17, 15) is 5.11 Å². The van der Waals surface area contributed by atoms with E-state index in [0.717, 1.165) is 35.1 Å². The van der Waals surface area contributed by atoms with Gasteiger partial charge in [0.2, 0.25) is 0 Å². The van der Waals surface area contributed by atoms with Crippen molar-refractivity contribution in [2.24, 2.45) is 0 Å². The second-order valence-electron chi connectivity index (χ2n) is 3.94. The largest absolute Gasteiger partial charge is 0.395 e. The molecule has 0 bridgehead atoms. The third-order valence-electron chi connectivity index (χ3n) is 2.44. The maximum Gasteiger partial charge on any atom is 0.0592 e. The molecule has 0 aliphatic heterocycles. The highest BCUT2D eigenvalue weighted by atomic mass is 35.5. The monoisotopic (exact) mass is 273 g/mol. The van der Waals surface area contributed by atoms with Crippen molar-refractivity contribution in [1.29, 1.82) is 0 Å². The van der Waals surface area contributed by atoms with Crippen LogP contribution in [-0.4, -0.2) is 30.1 Å². The van der Waals surface area contributed by atoms with Crippen molar-refractivity contribution in [2.45, 2.75) is 25.1 Å². The van der Waals surface area contributed by atoms with Crippen LogP contribution < -0.4 is 5.32 Å². The predicted molar refractivity (Wildman–Crippen MR) is 76.8 cm³/mol. The zero-order valence-electron chi connectivity index (χ0n) is 10.2. The molecule has 0 fully saturated rings. The van der Waals surface area contributed by atoms with Crippen molar-refractivity contribution in [3.63, 3.8) is 0 Å². The van der Waals surface area contributed by atoms with Crippen LogP contribution in [-0.2, 0) is 5.75 Å². The van der Waals surface area contributed by atoms with Crippen LogP contribution in [0.2, 0.25) is 5.02 Å². The number of nitrogens with one attached hydrogen (secondary N) is 1. The van der Waals surface area contributed by atoms with E-state index in [2.05, 4.69) is 12.2 Å². The lowest BCUT2D eigenvalue weighted by Gasteiger charge is -2.15. The third kappa shape index (κ3) is 5.77. The van der Waals surface area contributed by atoms with Crippen LogP contribution in [0.3, 0.4) is 0 Å². The van der Waals surface area contributed by atoms with Crippen molar-refractivity contribution in [2.75, 3.05) is 18.9 Å². The highest BCUT2D eigenvalue weighted by Crippen LogP contribution is 2.20. The Morgan fingerprint density at radius 1 is 1.41 bits per heavy atom. The predicted octanol–water partition coefficient (Wildman–Crippen LogP) is 2.93. The van der Waals surface area contributed by atoms with Gasteiger partial charge in [0.25, 0.3) is 0 Å². The van der Waals surface area contributed by atoms with E-state index >= 15 is 0 Å². The quantitative estimate of drug-likeness (QED) is 0.764. The van der Waals surface area contributed by atoms with Crippen molar-refractivity contribution in [3.8, 4) is 0 Å². The van der Waals surface area contributed by atoms with Crippen LogP contribution in [0.15, 0.2) is 24.3 Å². The van der Waals surface area contributed by atoms with Crippen LogP contribution in [0.5, 0.6) is 0 Å². The Bertz CT molecular complexity index is 322. The summed E-state index contributed by atoms with van der Waals surface area (Å²) in [6.07, 6.45) is 1.09. The molecule has 0 heterocycles. The smallest absolute Gasteiger partial charge is 0.0592 e. The van der Waals surface area contributed by atoms with E-state index in [1.54, 1.807) is 11.8 Å². The number of aliphatic hydroxyl groups excluding tert-OH is 1. The number of rotatable bonds is 8. The summed E-state index contributed by atoms with van der Waals surface area (Å²) in [5, 5.41) is 13.3. The van der Waals surface area contributed by atoms with Gasteiger partial charge in [-0.2, -0.15) is 11.8 Å². The molecule has 17 heavy (non-hydrogen) atoms. The molecule has 1 aromatic carbocycles. The minimum absolute atomic E-state index is 0.183. The van der Waals surface area contributed by atoms with Crippen molar-refractivity contribution >= 4 is 23.4 Å². The molecule has 0 aliphatic carbocycles. The normalized spacial score (nSPS) is 12.6. The summed E-state index contributed by atoms with van der Waals surface area (Å²) in [6, 6.07) is 8.08. The maximum absolute atomic E-state index is 9.20. The Labute approximate surface area is 113 Å². The molecule has 0 saturated heterocycles. The minimum Gasteiger partial charge on any atom is -0.395 e. The third-order valence-corrected chi connectivity index (χ3v) is 3.96. The number of hydrogen-bond donors (Lipinski definition) is 2. The first kappa shape index (κ1) is 14.8. The number of thioether (sulfide) groups is 1. The fraction of sp³-hybridized carbons (Fsp3) is 0.538. The first-order valence-corrected chi connectivity index (χ1v) is 7.46. The number of halogens is 1. The number of hydrogen-bond acceptors (Lipinski definition) is 3. The van der Waals surface area contributed by atoms with Gasteiger partial charge in [-0.15, -0.1) is 0 Å². The Balaban J connectivity index is 2.28. The van der Waals surface area contributed by atoms with E-state index < -0.39 is 0 Å². The molecule has 0 aromatic heterocycles. The summed E-state index contributed by atoms with van der Waals surface area (Å²) < 4.78 is 0. The highest BCUT2D eigenvalue weighted by Gasteiger charge is 2.06. The molecule has 4 heteroatoms. The van der Waals surface area contributed by atoms with Gasteiger partial charge in [-0.05, 0) is 24.6 Å². The first-order chi connectivity index (χ1) is 8.27. The van der Waals surface area contributed by atoms with Crippen LogP contribution in [0, 0.1) is 0 Å². The average molecular weight is 274 g/mol. The summed E-state index contributed by atoms with van der Waals surface area (Å²) >= 11 is 7.88. The van der Waals surface area contributed by atoms with Gasteiger partial charge in [-0.1, -0.05) is 36.7 Å². The second-order valence-corrected chi connectivity index (χ2v) is 5.38. The summed E-state index contributed by atoms with van der Waals surface area (Å²) in [7, 11) is 0. The molecule has 0 spiro atoms. The van der Waals surface area contributed by atoms with Crippen molar-refractivity contribution < 1.29 is 5.11 Å². The molecule has 2 N–H and O–H groups in total.